The Morgan fingerprint density at radius 1 is 1.13 bits per heavy atom. The van der Waals surface area contributed by atoms with E-state index in [0.29, 0.717) is 23.1 Å². The third kappa shape index (κ3) is 4.22. The lowest BCUT2D eigenvalue weighted by Crippen LogP contribution is -2.47. The molecule has 164 valence electrons. The maximum atomic E-state index is 14.6. The molecule has 0 fully saturated rings. The smallest absolute Gasteiger partial charge is 0.407 e. The third-order valence-corrected chi connectivity index (χ3v) is 5.22. The minimum atomic E-state index is -1.26. The molecule has 4 rings (SSSR count). The van der Waals surface area contributed by atoms with Crippen LogP contribution in [-0.2, 0) is 17.7 Å². The number of rotatable bonds is 2. The summed E-state index contributed by atoms with van der Waals surface area (Å²) in [5.74, 6) is -3.33. The minimum absolute atomic E-state index is 0.0256. The van der Waals surface area contributed by atoms with Gasteiger partial charge in [0.1, 0.15) is 22.8 Å². The maximum Gasteiger partial charge on any atom is 0.407 e. The lowest BCUT2D eigenvalue weighted by Gasteiger charge is -2.34. The average Bonchev–Trinajstić information content (AvgIpc) is 2.99. The zero-order valence-electron chi connectivity index (χ0n) is 17.7. The van der Waals surface area contributed by atoms with E-state index in [1.54, 1.807) is 20.8 Å². The Kier molecular flexibility index (Phi) is 5.15. The fourth-order valence-corrected chi connectivity index (χ4v) is 3.91. The summed E-state index contributed by atoms with van der Waals surface area (Å²) >= 11 is 0. The summed E-state index contributed by atoms with van der Waals surface area (Å²) < 4.78 is 49.3. The van der Waals surface area contributed by atoms with Gasteiger partial charge >= 0.3 is 6.09 Å². The van der Waals surface area contributed by atoms with Gasteiger partial charge < -0.3 is 14.6 Å². The van der Waals surface area contributed by atoms with Gasteiger partial charge in [-0.25, -0.2) is 27.9 Å². The monoisotopic (exact) mass is 432 g/mol. The molecule has 1 amide bonds. The van der Waals surface area contributed by atoms with Gasteiger partial charge in [0.15, 0.2) is 17.3 Å². The van der Waals surface area contributed by atoms with E-state index in [1.165, 1.54) is 0 Å². The molecule has 0 saturated heterocycles. The number of hydrogen-bond acceptors (Lipinski definition) is 4. The summed E-state index contributed by atoms with van der Waals surface area (Å²) in [5, 5.41) is 2.77. The number of benzene rings is 1. The van der Waals surface area contributed by atoms with Crippen molar-refractivity contribution in [3.8, 4) is 0 Å². The van der Waals surface area contributed by atoms with Crippen LogP contribution in [-0.4, -0.2) is 32.3 Å². The van der Waals surface area contributed by atoms with Crippen LogP contribution in [0.5, 0.6) is 0 Å². The molecular weight excluding hydrogens is 409 g/mol. The molecule has 0 radical (unpaired) electrons. The molecule has 2 atom stereocenters. The van der Waals surface area contributed by atoms with Crippen LogP contribution in [0.1, 0.15) is 43.8 Å². The van der Waals surface area contributed by atoms with Crippen molar-refractivity contribution in [2.24, 2.45) is 0 Å². The standard InChI is InChI=1S/C22H23F3N4O2/c1-11-5-6-17-20(26-11)29-10-18(28-21(30)31-22(2,3)4)13(8-19(29)27-17)12-7-15(24)16(25)9-14(12)23/h5-7,9,13,18H,8,10H2,1-4H3,(H,28,30)/t13-,18+/m1/s1. The first-order valence-electron chi connectivity index (χ1n) is 9.98. The normalized spacial score (nSPS) is 18.7. The van der Waals surface area contributed by atoms with E-state index in [2.05, 4.69) is 15.3 Å². The van der Waals surface area contributed by atoms with E-state index >= 15 is 0 Å². The third-order valence-electron chi connectivity index (χ3n) is 5.22. The van der Waals surface area contributed by atoms with Gasteiger partial charge in [0, 0.05) is 30.6 Å². The average molecular weight is 432 g/mol. The van der Waals surface area contributed by atoms with Gasteiger partial charge in [0.25, 0.3) is 0 Å². The number of aromatic nitrogens is 3. The summed E-state index contributed by atoms with van der Waals surface area (Å²) in [6.45, 7) is 7.28. The van der Waals surface area contributed by atoms with Crippen molar-refractivity contribution in [2.75, 3.05) is 0 Å². The van der Waals surface area contributed by atoms with Gasteiger partial charge in [-0.3, -0.25) is 0 Å². The topological polar surface area (TPSA) is 69.0 Å². The molecule has 1 aliphatic rings. The SMILES string of the molecule is Cc1ccc2nc3n(c2n1)C[C@H](NC(=O)OC(C)(C)C)[C@@H](c1cc(F)c(F)cc1F)C3. The Labute approximate surface area is 177 Å². The molecule has 1 aliphatic heterocycles. The number of amides is 1. The highest BCUT2D eigenvalue weighted by Crippen LogP contribution is 2.34. The van der Waals surface area contributed by atoms with Gasteiger partial charge in [-0.2, -0.15) is 0 Å². The predicted octanol–water partition coefficient (Wildman–Crippen LogP) is 4.39. The lowest BCUT2D eigenvalue weighted by molar-refractivity contribution is 0.0485. The Bertz CT molecular complexity index is 1170. The number of carbonyl (C=O) groups is 1. The van der Waals surface area contributed by atoms with Crippen LogP contribution in [0, 0.1) is 24.4 Å². The van der Waals surface area contributed by atoms with E-state index in [0.717, 1.165) is 11.8 Å². The molecule has 1 aromatic carbocycles. The van der Waals surface area contributed by atoms with Gasteiger partial charge in [-0.05, 0) is 51.5 Å². The highest BCUT2D eigenvalue weighted by molar-refractivity contribution is 5.72. The van der Waals surface area contributed by atoms with Crippen molar-refractivity contribution in [3.05, 3.63) is 58.8 Å². The summed E-state index contributed by atoms with van der Waals surface area (Å²) in [6, 6.07) is 4.40. The first kappa shape index (κ1) is 21.1. The van der Waals surface area contributed by atoms with Crippen molar-refractivity contribution < 1.29 is 22.7 Å². The molecule has 2 aromatic heterocycles. The van der Waals surface area contributed by atoms with Gasteiger partial charge in [-0.1, -0.05) is 0 Å². The van der Waals surface area contributed by atoms with E-state index in [9.17, 15) is 18.0 Å². The van der Waals surface area contributed by atoms with Crippen LogP contribution >= 0.6 is 0 Å². The fourth-order valence-electron chi connectivity index (χ4n) is 3.91. The predicted molar refractivity (Wildman–Crippen MR) is 108 cm³/mol. The van der Waals surface area contributed by atoms with Crippen molar-refractivity contribution in [2.45, 2.75) is 58.2 Å². The number of aryl methyl sites for hydroxylation is 1. The van der Waals surface area contributed by atoms with Crippen LogP contribution in [0.3, 0.4) is 0 Å². The van der Waals surface area contributed by atoms with Gasteiger partial charge in [0.2, 0.25) is 0 Å². The molecule has 9 heteroatoms. The Morgan fingerprint density at radius 3 is 2.55 bits per heavy atom. The van der Waals surface area contributed by atoms with E-state index in [4.69, 9.17) is 4.74 Å². The first-order chi connectivity index (χ1) is 14.5. The van der Waals surface area contributed by atoms with E-state index < -0.39 is 41.1 Å². The molecule has 0 saturated carbocycles. The number of halogens is 3. The maximum absolute atomic E-state index is 14.6. The molecule has 3 heterocycles. The highest BCUT2D eigenvalue weighted by Gasteiger charge is 2.36. The van der Waals surface area contributed by atoms with Gasteiger partial charge in [-0.15, -0.1) is 0 Å². The van der Waals surface area contributed by atoms with Crippen molar-refractivity contribution in [3.63, 3.8) is 0 Å². The number of fused-ring (bicyclic) bond motifs is 3. The van der Waals surface area contributed by atoms with Crippen LogP contribution in [0.15, 0.2) is 24.3 Å². The Balaban J connectivity index is 1.77. The number of ether oxygens (including phenoxy) is 1. The summed E-state index contributed by atoms with van der Waals surface area (Å²) in [7, 11) is 0. The second kappa shape index (κ2) is 7.55. The second-order valence-electron chi connectivity index (χ2n) is 8.79. The highest BCUT2D eigenvalue weighted by atomic mass is 19.2. The van der Waals surface area contributed by atoms with Crippen molar-refractivity contribution >= 4 is 17.3 Å². The van der Waals surface area contributed by atoms with Crippen LogP contribution in [0.25, 0.3) is 11.2 Å². The number of nitrogens with one attached hydrogen (secondary N) is 1. The molecule has 31 heavy (non-hydrogen) atoms. The number of alkyl carbamates (subject to hydrolysis) is 1. The van der Waals surface area contributed by atoms with Crippen molar-refractivity contribution in [1.82, 2.24) is 19.9 Å². The summed E-state index contributed by atoms with van der Waals surface area (Å²) in [4.78, 5) is 21.6. The molecule has 0 spiro atoms. The molecule has 0 unspecified atom stereocenters. The summed E-state index contributed by atoms with van der Waals surface area (Å²) in [6.07, 6.45) is -0.472. The van der Waals surface area contributed by atoms with E-state index in [-0.39, 0.29) is 18.5 Å². The quantitative estimate of drug-likeness (QED) is 0.610. The number of hydrogen-bond donors (Lipinski definition) is 1. The molecule has 0 bridgehead atoms. The molecule has 1 N–H and O–H groups in total. The Morgan fingerprint density at radius 2 is 1.84 bits per heavy atom. The van der Waals surface area contributed by atoms with Crippen LogP contribution in [0.2, 0.25) is 0 Å². The zero-order chi connectivity index (χ0) is 22.5. The second-order valence-corrected chi connectivity index (χ2v) is 8.79. The van der Waals surface area contributed by atoms with Gasteiger partial charge in [0.05, 0.1) is 6.04 Å². The first-order valence-corrected chi connectivity index (χ1v) is 9.98. The van der Waals surface area contributed by atoms with Crippen molar-refractivity contribution in [1.29, 1.82) is 0 Å². The zero-order valence-corrected chi connectivity index (χ0v) is 17.7. The molecule has 0 aliphatic carbocycles. The lowest BCUT2D eigenvalue weighted by atomic mass is 9.85. The number of pyridine rings is 1. The summed E-state index contributed by atoms with van der Waals surface area (Å²) in [5.41, 5.74) is 1.37. The molecule has 3 aromatic rings. The Hall–Kier alpha value is -3.10. The molecule has 6 nitrogen and oxygen atoms in total. The number of carbonyl (C=O) groups excluding carboxylic acids is 1. The van der Waals surface area contributed by atoms with E-state index in [1.807, 2.05) is 23.6 Å². The van der Waals surface area contributed by atoms with Crippen LogP contribution < -0.4 is 5.32 Å². The van der Waals surface area contributed by atoms with Crippen LogP contribution in [0.4, 0.5) is 18.0 Å². The largest absolute Gasteiger partial charge is 0.444 e. The molecular formula is C22H23F3N4O2. The number of nitrogens with zero attached hydrogens (tertiary/aromatic N) is 3. The minimum Gasteiger partial charge on any atom is -0.444 e. The number of imidazole rings is 1. The fraction of sp³-hybridized carbons (Fsp3) is 0.409.